The van der Waals surface area contributed by atoms with Gasteiger partial charge in [-0.2, -0.15) is 0 Å². The monoisotopic (exact) mass is 180 g/mol. The molecule has 74 valence electrons. The van der Waals surface area contributed by atoms with Gasteiger partial charge in [0.25, 0.3) is 0 Å². The molecule has 0 fully saturated rings. The van der Waals surface area contributed by atoms with Crippen LogP contribution >= 0.6 is 0 Å². The molecule has 0 radical (unpaired) electrons. The molecule has 0 saturated carbocycles. The molecule has 1 aromatic heterocycles. The van der Waals surface area contributed by atoms with E-state index in [0.717, 1.165) is 5.82 Å². The van der Waals surface area contributed by atoms with Crippen LogP contribution in [0.3, 0.4) is 0 Å². The van der Waals surface area contributed by atoms with E-state index in [1.165, 1.54) is 0 Å². The lowest BCUT2D eigenvalue weighted by atomic mass is 10.7. The molecule has 1 aromatic rings. The number of rotatable bonds is 0. The van der Waals surface area contributed by atoms with Gasteiger partial charge in [-0.3, -0.25) is 0 Å². The SMILES string of the molecule is CC.CC#CC.Cc1nccn1C. The van der Waals surface area contributed by atoms with Crippen molar-refractivity contribution >= 4 is 0 Å². The summed E-state index contributed by atoms with van der Waals surface area (Å²) >= 11 is 0. The van der Waals surface area contributed by atoms with Crippen LogP contribution in [0.15, 0.2) is 12.4 Å². The standard InChI is InChI=1S/C5H8N2.C4H6.C2H6/c1-5-6-3-4-7(5)2;1-3-4-2;1-2/h3-4H,1-2H3;1-2H3;1-2H3. The molecule has 1 rings (SSSR count). The molecule has 1 heterocycles. The van der Waals surface area contributed by atoms with Gasteiger partial charge < -0.3 is 4.57 Å². The smallest absolute Gasteiger partial charge is 0.105 e. The molecule has 2 nitrogen and oxygen atoms in total. The van der Waals surface area contributed by atoms with Crippen molar-refractivity contribution in [2.45, 2.75) is 34.6 Å². The van der Waals surface area contributed by atoms with Gasteiger partial charge in [0.1, 0.15) is 5.82 Å². The van der Waals surface area contributed by atoms with Crippen LogP contribution in [0.5, 0.6) is 0 Å². The lowest BCUT2D eigenvalue weighted by Crippen LogP contribution is -1.86. The Morgan fingerprint density at radius 1 is 1.23 bits per heavy atom. The molecule has 0 aliphatic rings. The molecule has 0 N–H and O–H groups in total. The largest absolute Gasteiger partial charge is 0.338 e. The molecule has 0 aliphatic heterocycles. The fraction of sp³-hybridized carbons (Fsp3) is 0.545. The number of aryl methyl sites for hydroxylation is 2. The molecule has 0 aliphatic carbocycles. The molecule has 2 heteroatoms. The number of imidazole rings is 1. The van der Waals surface area contributed by atoms with Gasteiger partial charge in [0.2, 0.25) is 0 Å². The van der Waals surface area contributed by atoms with Crippen molar-refractivity contribution in [3.63, 3.8) is 0 Å². The minimum Gasteiger partial charge on any atom is -0.338 e. The average molecular weight is 180 g/mol. The Balaban J connectivity index is 0. The number of nitrogens with zero attached hydrogens (tertiary/aromatic N) is 2. The molecule has 0 spiro atoms. The Morgan fingerprint density at radius 3 is 1.77 bits per heavy atom. The molecule has 0 saturated heterocycles. The second-order valence-electron chi connectivity index (χ2n) is 2.09. The first-order valence-electron chi connectivity index (χ1n) is 4.49. The van der Waals surface area contributed by atoms with Crippen LogP contribution in [-0.2, 0) is 7.05 Å². The Hall–Kier alpha value is -1.23. The zero-order chi connectivity index (χ0) is 10.7. The maximum absolute atomic E-state index is 3.98. The van der Waals surface area contributed by atoms with E-state index >= 15 is 0 Å². The van der Waals surface area contributed by atoms with E-state index in [2.05, 4.69) is 16.8 Å². The van der Waals surface area contributed by atoms with Crippen molar-refractivity contribution in [1.82, 2.24) is 9.55 Å². The van der Waals surface area contributed by atoms with Crippen LogP contribution in [-0.4, -0.2) is 9.55 Å². The maximum Gasteiger partial charge on any atom is 0.105 e. The quantitative estimate of drug-likeness (QED) is 0.561. The Morgan fingerprint density at radius 2 is 1.69 bits per heavy atom. The van der Waals surface area contributed by atoms with Crippen LogP contribution < -0.4 is 0 Å². The van der Waals surface area contributed by atoms with E-state index in [4.69, 9.17) is 0 Å². The number of hydrogen-bond donors (Lipinski definition) is 0. The van der Waals surface area contributed by atoms with Gasteiger partial charge in [0.15, 0.2) is 0 Å². The second-order valence-corrected chi connectivity index (χ2v) is 2.09. The van der Waals surface area contributed by atoms with E-state index in [9.17, 15) is 0 Å². The molecule has 13 heavy (non-hydrogen) atoms. The van der Waals surface area contributed by atoms with Crippen molar-refractivity contribution in [1.29, 1.82) is 0 Å². The molecular formula is C11H20N2. The molecule has 0 amide bonds. The van der Waals surface area contributed by atoms with Gasteiger partial charge in [-0.05, 0) is 20.8 Å². The summed E-state index contributed by atoms with van der Waals surface area (Å²) in [7, 11) is 1.97. The van der Waals surface area contributed by atoms with Crippen LogP contribution in [0.25, 0.3) is 0 Å². The van der Waals surface area contributed by atoms with E-state index in [0.29, 0.717) is 0 Å². The van der Waals surface area contributed by atoms with Gasteiger partial charge in [-0.15, -0.1) is 11.8 Å². The molecule has 0 atom stereocenters. The molecule has 0 bridgehead atoms. The second kappa shape index (κ2) is 10.8. The Labute approximate surface area is 82.0 Å². The van der Waals surface area contributed by atoms with Crippen molar-refractivity contribution in [3.8, 4) is 11.8 Å². The third-order valence-electron chi connectivity index (χ3n) is 1.31. The van der Waals surface area contributed by atoms with E-state index < -0.39 is 0 Å². The summed E-state index contributed by atoms with van der Waals surface area (Å²) in [6, 6.07) is 0. The summed E-state index contributed by atoms with van der Waals surface area (Å²) in [5, 5.41) is 0. The molecule has 0 aromatic carbocycles. The Bertz CT molecular complexity index is 228. The third-order valence-corrected chi connectivity index (χ3v) is 1.31. The summed E-state index contributed by atoms with van der Waals surface area (Å²) in [4.78, 5) is 3.98. The summed E-state index contributed by atoms with van der Waals surface area (Å²) in [5.74, 6) is 6.42. The molecule has 0 unspecified atom stereocenters. The lowest BCUT2D eigenvalue weighted by molar-refractivity contribution is 0.858. The first-order chi connectivity index (χ1) is 6.22. The topological polar surface area (TPSA) is 17.8 Å². The van der Waals surface area contributed by atoms with Gasteiger partial charge in [-0.25, -0.2) is 4.98 Å². The first-order valence-corrected chi connectivity index (χ1v) is 4.49. The highest BCUT2D eigenvalue weighted by molar-refractivity contribution is 4.89. The predicted molar refractivity (Wildman–Crippen MR) is 58.4 cm³/mol. The predicted octanol–water partition coefficient (Wildman–Crippen LogP) is 2.78. The minimum atomic E-state index is 1.06. The van der Waals surface area contributed by atoms with Crippen molar-refractivity contribution in [2.75, 3.05) is 0 Å². The zero-order valence-electron chi connectivity index (χ0n) is 9.55. The summed E-state index contributed by atoms with van der Waals surface area (Å²) in [6.07, 6.45) is 3.71. The number of aromatic nitrogens is 2. The van der Waals surface area contributed by atoms with Crippen LogP contribution in [0, 0.1) is 18.8 Å². The minimum absolute atomic E-state index is 1.06. The van der Waals surface area contributed by atoms with Crippen LogP contribution in [0.1, 0.15) is 33.5 Å². The number of hydrogen-bond acceptors (Lipinski definition) is 1. The van der Waals surface area contributed by atoms with Gasteiger partial charge in [0.05, 0.1) is 0 Å². The zero-order valence-corrected chi connectivity index (χ0v) is 9.55. The van der Waals surface area contributed by atoms with Crippen LogP contribution in [0.4, 0.5) is 0 Å². The lowest BCUT2D eigenvalue weighted by Gasteiger charge is -1.87. The van der Waals surface area contributed by atoms with Gasteiger partial charge >= 0.3 is 0 Å². The third kappa shape index (κ3) is 8.68. The summed E-state index contributed by atoms with van der Waals surface area (Å²) < 4.78 is 1.97. The molecular weight excluding hydrogens is 160 g/mol. The summed E-state index contributed by atoms with van der Waals surface area (Å²) in [5.41, 5.74) is 0. The fourth-order valence-electron chi connectivity index (χ4n) is 0.440. The normalized spacial score (nSPS) is 6.62. The van der Waals surface area contributed by atoms with Crippen molar-refractivity contribution < 1.29 is 0 Å². The van der Waals surface area contributed by atoms with E-state index in [1.807, 2.05) is 52.4 Å². The van der Waals surface area contributed by atoms with Gasteiger partial charge in [0, 0.05) is 19.4 Å². The summed E-state index contributed by atoms with van der Waals surface area (Å²) in [6.45, 7) is 9.61. The van der Waals surface area contributed by atoms with E-state index in [1.54, 1.807) is 6.20 Å². The first kappa shape index (κ1) is 14.3. The maximum atomic E-state index is 3.98. The fourth-order valence-corrected chi connectivity index (χ4v) is 0.440. The average Bonchev–Trinajstić information content (AvgIpc) is 2.55. The highest BCUT2D eigenvalue weighted by atomic mass is 15.0. The highest BCUT2D eigenvalue weighted by Crippen LogP contribution is 1.86. The van der Waals surface area contributed by atoms with Crippen molar-refractivity contribution in [3.05, 3.63) is 18.2 Å². The van der Waals surface area contributed by atoms with Gasteiger partial charge in [-0.1, -0.05) is 13.8 Å². The van der Waals surface area contributed by atoms with E-state index in [-0.39, 0.29) is 0 Å². The van der Waals surface area contributed by atoms with Crippen LogP contribution in [0.2, 0.25) is 0 Å². The Kier molecular flexibility index (Phi) is 11.8. The highest BCUT2D eigenvalue weighted by Gasteiger charge is 1.83. The van der Waals surface area contributed by atoms with Crippen molar-refractivity contribution in [2.24, 2.45) is 7.05 Å².